The van der Waals surface area contributed by atoms with Crippen LogP contribution in [0.2, 0.25) is 0 Å². The average Bonchev–Trinajstić information content (AvgIpc) is 3.13. The lowest BCUT2D eigenvalue weighted by Gasteiger charge is -2.27. The van der Waals surface area contributed by atoms with E-state index in [-0.39, 0.29) is 50.8 Å². The fourth-order valence-corrected chi connectivity index (χ4v) is 5.75. The lowest BCUT2D eigenvalue weighted by molar-refractivity contribution is -0.140. The van der Waals surface area contributed by atoms with E-state index in [0.717, 1.165) is 6.92 Å². The average molecular weight is 833 g/mol. The molecule has 0 fully saturated rings. The van der Waals surface area contributed by atoms with Gasteiger partial charge in [-0.25, -0.2) is 0 Å². The van der Waals surface area contributed by atoms with Crippen LogP contribution in [0, 0.1) is 0 Å². The molecule has 0 saturated carbocycles. The van der Waals surface area contributed by atoms with Gasteiger partial charge < -0.3 is 65.0 Å². The smallest absolute Gasteiger partial charge is 0.303 e. The van der Waals surface area contributed by atoms with Gasteiger partial charge >= 0.3 is 11.9 Å². The van der Waals surface area contributed by atoms with Crippen molar-refractivity contribution in [3.63, 3.8) is 0 Å². The molecule has 0 aliphatic heterocycles. The first-order valence-corrected chi connectivity index (χ1v) is 19.9. The van der Waals surface area contributed by atoms with E-state index in [1.807, 2.05) is 0 Å². The zero-order chi connectivity index (χ0) is 43.5. The summed E-state index contributed by atoms with van der Waals surface area (Å²) in [6.45, 7) is 1.73. The minimum absolute atomic E-state index is 0.0294. The number of carbonyl (C=O) groups is 10. The summed E-state index contributed by atoms with van der Waals surface area (Å²) in [6.07, 6.45) is 1.24. The molecule has 16 N–H and O–H groups in total. The molecule has 0 spiro atoms. The quantitative estimate of drug-likeness (QED) is 0.0292. The highest BCUT2D eigenvalue weighted by Gasteiger charge is 2.33. The van der Waals surface area contributed by atoms with Gasteiger partial charge in [-0.1, -0.05) is 0 Å². The fraction of sp³-hybridized carbons (Fsp3) is 0.706. The molecule has 0 bridgehead atoms. The second-order valence-electron chi connectivity index (χ2n) is 13.2. The predicted molar refractivity (Wildman–Crippen MR) is 207 cm³/mol. The first-order valence-electron chi connectivity index (χ1n) is 18.6. The molecular formula is C34H60N10O12S. The highest BCUT2D eigenvalue weighted by atomic mass is 32.2. The molecule has 0 aromatic carbocycles. The number of amides is 8. The summed E-state index contributed by atoms with van der Waals surface area (Å²) < 4.78 is 0. The Morgan fingerprint density at radius 1 is 0.491 bits per heavy atom. The standard InChI is InChI=1S/C34H60N10O12S/c1-19(45)39-22(10-13-27(47)48)31(53)43-24(11-14-28(49)50)33(55)44-25(15-18-57-2)34(56)42-23(9-12-26(37)46)32(54)41-21(8-4-6-17-36)30(52)40-20(29(38)51)7-3-5-16-35/h20-25H,3-18,35-36H2,1-2H3,(H2,37,46)(H2,38,51)(H,39,45)(H,40,52)(H,41,54)(H,42,56)(H,43,53)(H,44,55)(H,47,48)(H,49,50)/t20-,21-,22-,23-,24-,25-/m0/s1. The number of nitrogens with two attached hydrogens (primary N) is 4. The van der Waals surface area contributed by atoms with Crippen LogP contribution in [0.3, 0.4) is 0 Å². The Morgan fingerprint density at radius 3 is 1.16 bits per heavy atom. The van der Waals surface area contributed by atoms with Gasteiger partial charge in [-0.2, -0.15) is 11.8 Å². The van der Waals surface area contributed by atoms with Gasteiger partial charge in [0.15, 0.2) is 0 Å². The molecule has 6 atom stereocenters. The van der Waals surface area contributed by atoms with E-state index < -0.39 is 115 Å². The summed E-state index contributed by atoms with van der Waals surface area (Å²) in [5.74, 6) is -9.12. The van der Waals surface area contributed by atoms with Crippen molar-refractivity contribution in [2.45, 2.75) is 127 Å². The third-order valence-electron chi connectivity index (χ3n) is 8.36. The van der Waals surface area contributed by atoms with Gasteiger partial charge in [0, 0.05) is 26.2 Å². The second-order valence-corrected chi connectivity index (χ2v) is 14.2. The van der Waals surface area contributed by atoms with Crippen molar-refractivity contribution in [3.8, 4) is 0 Å². The molecule has 0 heterocycles. The number of primary amides is 2. The Bertz CT molecular complexity index is 1390. The summed E-state index contributed by atoms with van der Waals surface area (Å²) in [6, 6.07) is -8.11. The molecule has 8 amide bonds. The molecule has 0 unspecified atom stereocenters. The van der Waals surface area contributed by atoms with Gasteiger partial charge in [0.05, 0.1) is 0 Å². The number of rotatable bonds is 32. The Balaban J connectivity index is 6.39. The fourth-order valence-electron chi connectivity index (χ4n) is 5.28. The highest BCUT2D eigenvalue weighted by molar-refractivity contribution is 7.98. The zero-order valence-electron chi connectivity index (χ0n) is 32.5. The second kappa shape index (κ2) is 29.2. The number of aliphatic carboxylic acids is 2. The summed E-state index contributed by atoms with van der Waals surface area (Å²) >= 11 is 1.30. The van der Waals surface area contributed by atoms with E-state index in [9.17, 15) is 53.1 Å². The van der Waals surface area contributed by atoms with Crippen LogP contribution < -0.4 is 54.8 Å². The van der Waals surface area contributed by atoms with Crippen LogP contribution in [0.5, 0.6) is 0 Å². The van der Waals surface area contributed by atoms with E-state index in [1.165, 1.54) is 11.8 Å². The van der Waals surface area contributed by atoms with Crippen molar-refractivity contribution in [2.75, 3.05) is 25.1 Å². The van der Waals surface area contributed by atoms with E-state index in [0.29, 0.717) is 32.2 Å². The summed E-state index contributed by atoms with van der Waals surface area (Å²) in [4.78, 5) is 125. The molecule has 0 aliphatic rings. The van der Waals surface area contributed by atoms with Crippen LogP contribution in [0.15, 0.2) is 0 Å². The lowest BCUT2D eigenvalue weighted by atomic mass is 10.0. The maximum Gasteiger partial charge on any atom is 0.303 e. The van der Waals surface area contributed by atoms with E-state index >= 15 is 0 Å². The van der Waals surface area contributed by atoms with Crippen LogP contribution in [0.4, 0.5) is 0 Å². The molecule has 22 nitrogen and oxygen atoms in total. The van der Waals surface area contributed by atoms with E-state index in [1.54, 1.807) is 6.26 Å². The van der Waals surface area contributed by atoms with Gasteiger partial charge in [0.1, 0.15) is 36.3 Å². The monoisotopic (exact) mass is 832 g/mol. The number of thioether (sulfide) groups is 1. The number of nitrogens with one attached hydrogen (secondary N) is 6. The molecular weight excluding hydrogens is 772 g/mol. The Labute approximate surface area is 335 Å². The molecule has 0 rings (SSSR count). The van der Waals surface area contributed by atoms with Crippen molar-refractivity contribution < 1.29 is 58.2 Å². The van der Waals surface area contributed by atoms with Crippen molar-refractivity contribution in [3.05, 3.63) is 0 Å². The van der Waals surface area contributed by atoms with Crippen LogP contribution in [-0.4, -0.2) is 131 Å². The SMILES string of the molecule is CSCC[C@H](NC(=O)[C@H](CCC(=O)O)NC(=O)[C@H](CCC(=O)O)NC(C)=O)C(=O)N[C@@H](CCC(N)=O)C(=O)N[C@@H](CCCCN)C(=O)N[C@@H](CCCCN)C(N)=O. The summed E-state index contributed by atoms with van der Waals surface area (Å²) in [5, 5.41) is 33.0. The molecule has 0 aliphatic carbocycles. The van der Waals surface area contributed by atoms with Crippen LogP contribution in [0.25, 0.3) is 0 Å². The number of hydrogen-bond acceptors (Lipinski definition) is 13. The molecule has 0 aromatic rings. The highest BCUT2D eigenvalue weighted by Crippen LogP contribution is 2.10. The predicted octanol–water partition coefficient (Wildman–Crippen LogP) is -3.59. The van der Waals surface area contributed by atoms with Crippen LogP contribution in [-0.2, 0) is 47.9 Å². The normalized spacial score (nSPS) is 14.0. The lowest BCUT2D eigenvalue weighted by Crippen LogP contribution is -2.59. The molecule has 0 aromatic heterocycles. The summed E-state index contributed by atoms with van der Waals surface area (Å²) in [5.41, 5.74) is 22.0. The minimum atomic E-state index is -1.57. The molecule has 23 heteroatoms. The van der Waals surface area contributed by atoms with Gasteiger partial charge in [-0.3, -0.25) is 47.9 Å². The van der Waals surface area contributed by atoms with Gasteiger partial charge in [0.2, 0.25) is 47.3 Å². The van der Waals surface area contributed by atoms with Crippen LogP contribution in [0.1, 0.15) is 90.4 Å². The summed E-state index contributed by atoms with van der Waals surface area (Å²) in [7, 11) is 0. The topological polar surface area (TPSA) is 387 Å². The third kappa shape index (κ3) is 23.6. The first-order chi connectivity index (χ1) is 26.9. The number of unbranched alkanes of at least 4 members (excludes halogenated alkanes) is 2. The number of carboxylic acid groups (broad SMARTS) is 2. The van der Waals surface area contributed by atoms with E-state index in [2.05, 4.69) is 31.9 Å². The van der Waals surface area contributed by atoms with E-state index in [4.69, 9.17) is 28.0 Å². The molecule has 57 heavy (non-hydrogen) atoms. The maximum absolute atomic E-state index is 13.7. The van der Waals surface area contributed by atoms with Gasteiger partial charge in [0.25, 0.3) is 0 Å². The third-order valence-corrected chi connectivity index (χ3v) is 9.01. The van der Waals surface area contributed by atoms with Crippen molar-refractivity contribution in [1.82, 2.24) is 31.9 Å². The number of carboxylic acids is 2. The zero-order valence-corrected chi connectivity index (χ0v) is 33.3. The van der Waals surface area contributed by atoms with Gasteiger partial charge in [-0.15, -0.1) is 0 Å². The van der Waals surface area contributed by atoms with Crippen molar-refractivity contribution >= 4 is 71.0 Å². The largest absolute Gasteiger partial charge is 0.481 e. The van der Waals surface area contributed by atoms with Gasteiger partial charge in [-0.05, 0) is 89.3 Å². The van der Waals surface area contributed by atoms with Crippen molar-refractivity contribution in [2.24, 2.45) is 22.9 Å². The first kappa shape index (κ1) is 52.0. The molecule has 0 saturated heterocycles. The molecule has 324 valence electrons. The Morgan fingerprint density at radius 2 is 0.825 bits per heavy atom. The Hall–Kier alpha value is -5.03. The van der Waals surface area contributed by atoms with Crippen molar-refractivity contribution in [1.29, 1.82) is 0 Å². The maximum atomic E-state index is 13.7. The minimum Gasteiger partial charge on any atom is -0.481 e. The Kier molecular flexibility index (Phi) is 26.7. The van der Waals surface area contributed by atoms with Crippen LogP contribution >= 0.6 is 11.8 Å². The number of carbonyl (C=O) groups excluding carboxylic acids is 8. The molecule has 0 radical (unpaired) electrons. The number of hydrogen-bond donors (Lipinski definition) is 12.